The van der Waals surface area contributed by atoms with Gasteiger partial charge in [0.15, 0.2) is 0 Å². The second-order valence-corrected chi connectivity index (χ2v) is 7.48. The highest BCUT2D eigenvalue weighted by Gasteiger charge is 2.19. The number of rotatable bonds is 6. The largest absolute Gasteiger partial charge is 0.348 e. The minimum Gasteiger partial charge on any atom is -0.348 e. The second kappa shape index (κ2) is 10.4. The molecule has 0 aliphatic heterocycles. The minimum atomic E-state index is -0.289. The van der Waals surface area contributed by atoms with Crippen molar-refractivity contribution in [2.45, 2.75) is 45.1 Å². The highest BCUT2D eigenvalue weighted by atomic mass is 16.2. The molecule has 1 saturated carbocycles. The Bertz CT molecular complexity index is 877. The van der Waals surface area contributed by atoms with Crippen LogP contribution in [0.2, 0.25) is 0 Å². The predicted molar refractivity (Wildman–Crippen MR) is 117 cm³/mol. The van der Waals surface area contributed by atoms with E-state index in [-0.39, 0.29) is 23.6 Å². The summed E-state index contributed by atoms with van der Waals surface area (Å²) in [5.41, 5.74) is 2.89. The van der Waals surface area contributed by atoms with Crippen LogP contribution in [0.15, 0.2) is 72.4 Å². The molecule has 3 rings (SSSR count). The zero-order chi connectivity index (χ0) is 20.5. The molecule has 0 spiro atoms. The van der Waals surface area contributed by atoms with Gasteiger partial charge >= 0.3 is 0 Å². The first-order valence-corrected chi connectivity index (χ1v) is 10.2. The van der Waals surface area contributed by atoms with E-state index in [1.54, 1.807) is 24.3 Å². The zero-order valence-electron chi connectivity index (χ0n) is 16.9. The smallest absolute Gasteiger partial charge is 0.268 e. The fraction of sp³-hybridized carbons (Fsp3) is 0.280. The van der Waals surface area contributed by atoms with Gasteiger partial charge in [0.25, 0.3) is 11.8 Å². The van der Waals surface area contributed by atoms with Crippen LogP contribution in [0, 0.1) is 6.92 Å². The molecule has 0 heterocycles. The Balaban J connectivity index is 1.74. The zero-order valence-corrected chi connectivity index (χ0v) is 16.9. The molecule has 0 radical (unpaired) electrons. The summed E-state index contributed by atoms with van der Waals surface area (Å²) in [6.07, 6.45) is 10.8. The van der Waals surface area contributed by atoms with Crippen LogP contribution in [0.25, 0.3) is 6.08 Å². The van der Waals surface area contributed by atoms with E-state index in [9.17, 15) is 9.59 Å². The van der Waals surface area contributed by atoms with Crippen LogP contribution in [0.3, 0.4) is 0 Å². The van der Waals surface area contributed by atoms with Crippen molar-refractivity contribution in [3.63, 3.8) is 0 Å². The maximum atomic E-state index is 12.8. The average Bonchev–Trinajstić information content (AvgIpc) is 2.75. The quantitative estimate of drug-likeness (QED) is 0.553. The van der Waals surface area contributed by atoms with Gasteiger partial charge in [-0.15, -0.1) is 0 Å². The minimum absolute atomic E-state index is 0.175. The monoisotopic (exact) mass is 388 g/mol. The van der Waals surface area contributed by atoms with Crippen molar-refractivity contribution in [2.75, 3.05) is 0 Å². The number of allylic oxidation sites excluding steroid dienone is 2. The van der Waals surface area contributed by atoms with Crippen molar-refractivity contribution in [1.29, 1.82) is 0 Å². The highest BCUT2D eigenvalue weighted by Crippen LogP contribution is 2.17. The Morgan fingerprint density at radius 3 is 2.31 bits per heavy atom. The van der Waals surface area contributed by atoms with Crippen molar-refractivity contribution in [1.82, 2.24) is 10.6 Å². The van der Waals surface area contributed by atoms with Gasteiger partial charge in [-0.1, -0.05) is 79.4 Å². The Hall–Kier alpha value is -3.14. The Morgan fingerprint density at radius 1 is 0.931 bits per heavy atom. The summed E-state index contributed by atoms with van der Waals surface area (Å²) in [4.78, 5) is 25.5. The van der Waals surface area contributed by atoms with Crippen molar-refractivity contribution in [2.24, 2.45) is 0 Å². The third kappa shape index (κ3) is 6.46. The molecule has 1 aliphatic rings. The summed E-state index contributed by atoms with van der Waals surface area (Å²) in [6.45, 7) is 1.97. The van der Waals surface area contributed by atoms with E-state index < -0.39 is 0 Å². The van der Waals surface area contributed by atoms with Gasteiger partial charge in [0.1, 0.15) is 5.70 Å². The average molecular weight is 389 g/mol. The Kier molecular flexibility index (Phi) is 7.40. The van der Waals surface area contributed by atoms with E-state index in [1.807, 2.05) is 55.5 Å². The van der Waals surface area contributed by atoms with E-state index in [4.69, 9.17) is 0 Å². The van der Waals surface area contributed by atoms with Crippen LogP contribution >= 0.6 is 0 Å². The van der Waals surface area contributed by atoms with Crippen LogP contribution in [0.5, 0.6) is 0 Å². The summed E-state index contributed by atoms with van der Waals surface area (Å²) in [5.74, 6) is -0.529. The maximum Gasteiger partial charge on any atom is 0.268 e. The molecule has 2 amide bonds. The van der Waals surface area contributed by atoms with Gasteiger partial charge in [0.2, 0.25) is 0 Å². The lowest BCUT2D eigenvalue weighted by atomic mass is 9.95. The molecule has 0 saturated heterocycles. The van der Waals surface area contributed by atoms with Crippen LogP contribution in [0.1, 0.15) is 53.6 Å². The molecule has 0 atom stereocenters. The first-order valence-electron chi connectivity index (χ1n) is 10.2. The number of hydrogen-bond donors (Lipinski definition) is 2. The van der Waals surface area contributed by atoms with Gasteiger partial charge in [-0.25, -0.2) is 0 Å². The summed E-state index contributed by atoms with van der Waals surface area (Å²) >= 11 is 0. The van der Waals surface area contributed by atoms with E-state index >= 15 is 0 Å². The molecule has 2 N–H and O–H groups in total. The van der Waals surface area contributed by atoms with Gasteiger partial charge in [0.05, 0.1) is 0 Å². The predicted octanol–water partition coefficient (Wildman–Crippen LogP) is 4.77. The molecular formula is C25H28N2O2. The van der Waals surface area contributed by atoms with E-state index in [0.29, 0.717) is 5.56 Å². The van der Waals surface area contributed by atoms with Crippen LogP contribution in [-0.4, -0.2) is 17.9 Å². The molecule has 0 bridgehead atoms. The number of aryl methyl sites for hydroxylation is 1. The standard InChI is InChI=1S/C25H28N2O2/c1-19-15-17-21(18-16-19)24(28)27-23(14-8-11-20-9-4-2-5-10-20)25(29)26-22-12-6-3-7-13-22/h2,4-5,8-11,14-18,22H,3,6-7,12-13H2,1H3,(H,26,29)(H,27,28)/b11-8?,23-14+. The van der Waals surface area contributed by atoms with E-state index in [2.05, 4.69) is 10.6 Å². The SMILES string of the molecule is Cc1ccc(C(=O)N/C(=C/C=Cc2ccccc2)C(=O)NC2CCCCC2)cc1. The molecule has 0 unspecified atom stereocenters. The van der Waals surface area contributed by atoms with Crippen LogP contribution in [-0.2, 0) is 4.79 Å². The second-order valence-electron chi connectivity index (χ2n) is 7.48. The van der Waals surface area contributed by atoms with Crippen LogP contribution < -0.4 is 10.6 Å². The number of carbonyl (C=O) groups is 2. The summed E-state index contributed by atoms with van der Waals surface area (Å²) in [6, 6.07) is 17.3. The Labute approximate surface area is 172 Å². The number of carbonyl (C=O) groups excluding carboxylic acids is 2. The molecule has 4 nitrogen and oxygen atoms in total. The fourth-order valence-electron chi connectivity index (χ4n) is 3.40. The lowest BCUT2D eigenvalue weighted by Crippen LogP contribution is -2.41. The van der Waals surface area contributed by atoms with E-state index in [0.717, 1.165) is 36.8 Å². The van der Waals surface area contributed by atoms with Crippen molar-refractivity contribution >= 4 is 17.9 Å². The van der Waals surface area contributed by atoms with Gasteiger partial charge in [-0.05, 0) is 43.5 Å². The van der Waals surface area contributed by atoms with Gasteiger partial charge in [0, 0.05) is 11.6 Å². The third-order valence-electron chi connectivity index (χ3n) is 5.10. The topological polar surface area (TPSA) is 58.2 Å². The van der Waals surface area contributed by atoms with Gasteiger partial charge < -0.3 is 10.6 Å². The lowest BCUT2D eigenvalue weighted by molar-refractivity contribution is -0.118. The Morgan fingerprint density at radius 2 is 1.62 bits per heavy atom. The fourth-order valence-corrected chi connectivity index (χ4v) is 3.40. The van der Waals surface area contributed by atoms with Crippen molar-refractivity contribution < 1.29 is 9.59 Å². The molecule has 2 aromatic carbocycles. The number of amides is 2. The molecule has 4 heteroatoms. The molecule has 0 aromatic heterocycles. The summed E-state index contributed by atoms with van der Waals surface area (Å²) < 4.78 is 0. The molecular weight excluding hydrogens is 360 g/mol. The number of benzene rings is 2. The molecule has 29 heavy (non-hydrogen) atoms. The summed E-state index contributed by atoms with van der Waals surface area (Å²) in [7, 11) is 0. The van der Waals surface area contributed by atoms with Gasteiger partial charge in [-0.2, -0.15) is 0 Å². The molecule has 1 aliphatic carbocycles. The number of hydrogen-bond acceptors (Lipinski definition) is 2. The van der Waals surface area contributed by atoms with E-state index in [1.165, 1.54) is 6.42 Å². The van der Waals surface area contributed by atoms with Crippen LogP contribution in [0.4, 0.5) is 0 Å². The third-order valence-corrected chi connectivity index (χ3v) is 5.10. The first-order chi connectivity index (χ1) is 14.1. The number of nitrogens with one attached hydrogen (secondary N) is 2. The van der Waals surface area contributed by atoms with Crippen molar-refractivity contribution in [3.8, 4) is 0 Å². The van der Waals surface area contributed by atoms with Crippen molar-refractivity contribution in [3.05, 3.63) is 89.1 Å². The van der Waals surface area contributed by atoms with Gasteiger partial charge in [-0.3, -0.25) is 9.59 Å². The normalized spacial score (nSPS) is 15.3. The maximum absolute atomic E-state index is 12.8. The highest BCUT2D eigenvalue weighted by molar-refractivity contribution is 6.03. The lowest BCUT2D eigenvalue weighted by Gasteiger charge is -2.23. The molecule has 1 fully saturated rings. The first kappa shape index (κ1) is 20.6. The molecule has 2 aromatic rings. The summed E-state index contributed by atoms with van der Waals surface area (Å²) in [5, 5.41) is 5.87. The molecule has 150 valence electrons.